The number of amides is 1. The van der Waals surface area contributed by atoms with E-state index in [0.717, 1.165) is 38.5 Å². The van der Waals surface area contributed by atoms with Gasteiger partial charge in [0.1, 0.15) is 0 Å². The summed E-state index contributed by atoms with van der Waals surface area (Å²) in [6.07, 6.45) is 5.31. The minimum Gasteiger partial charge on any atom is -0.359 e. The zero-order chi connectivity index (χ0) is 11.1. The molecule has 1 rings (SSSR count). The third-order valence-electron chi connectivity index (χ3n) is 2.84. The third-order valence-corrected chi connectivity index (χ3v) is 2.84. The lowest BCUT2D eigenvalue weighted by Gasteiger charge is -2.21. The molecule has 1 fully saturated rings. The van der Waals surface area contributed by atoms with Gasteiger partial charge < -0.3 is 16.0 Å². The molecule has 0 atom stereocenters. The molecule has 0 radical (unpaired) electrons. The Morgan fingerprint density at radius 3 is 2.60 bits per heavy atom. The lowest BCUT2D eigenvalue weighted by atomic mass is 10.2. The van der Waals surface area contributed by atoms with Crippen LogP contribution in [0.3, 0.4) is 0 Å². The van der Waals surface area contributed by atoms with Crippen LogP contribution in [-0.2, 0) is 4.79 Å². The minimum atomic E-state index is 0.143. The fourth-order valence-corrected chi connectivity index (χ4v) is 1.78. The normalized spacial score (nSPS) is 15.7. The molecular weight excluding hydrogens is 190 g/mol. The molecule has 88 valence electrons. The molecule has 0 aromatic rings. The molecule has 1 saturated carbocycles. The lowest BCUT2D eigenvalue weighted by molar-refractivity contribution is -0.120. The van der Waals surface area contributed by atoms with Crippen molar-refractivity contribution in [2.45, 2.75) is 38.1 Å². The summed E-state index contributed by atoms with van der Waals surface area (Å²) in [6.45, 7) is 2.89. The van der Waals surface area contributed by atoms with Crippen LogP contribution >= 0.6 is 0 Å². The Bertz CT molecular complexity index is 192. The standard InChI is InChI=1S/C11H23N3O/c1-13-11(15)4-2-8-14(9-3-7-12)10-5-6-10/h10H,2-9,12H2,1H3,(H,13,15). The Morgan fingerprint density at radius 1 is 1.40 bits per heavy atom. The zero-order valence-electron chi connectivity index (χ0n) is 9.67. The van der Waals surface area contributed by atoms with E-state index in [1.165, 1.54) is 12.8 Å². The molecule has 0 saturated heterocycles. The van der Waals surface area contributed by atoms with E-state index >= 15 is 0 Å². The Morgan fingerprint density at radius 2 is 2.07 bits per heavy atom. The van der Waals surface area contributed by atoms with Crippen molar-refractivity contribution in [1.29, 1.82) is 0 Å². The van der Waals surface area contributed by atoms with Gasteiger partial charge in [0.15, 0.2) is 0 Å². The number of hydrogen-bond donors (Lipinski definition) is 2. The topological polar surface area (TPSA) is 58.4 Å². The highest BCUT2D eigenvalue weighted by molar-refractivity contribution is 5.75. The van der Waals surface area contributed by atoms with E-state index in [4.69, 9.17) is 5.73 Å². The van der Waals surface area contributed by atoms with Gasteiger partial charge in [-0.3, -0.25) is 4.79 Å². The second-order valence-electron chi connectivity index (χ2n) is 4.19. The van der Waals surface area contributed by atoms with Crippen molar-refractivity contribution < 1.29 is 4.79 Å². The highest BCUT2D eigenvalue weighted by Crippen LogP contribution is 2.26. The predicted octanol–water partition coefficient (Wildman–Crippen LogP) is 0.326. The summed E-state index contributed by atoms with van der Waals surface area (Å²) in [6, 6.07) is 0.779. The van der Waals surface area contributed by atoms with Crippen LogP contribution in [0.15, 0.2) is 0 Å². The van der Waals surface area contributed by atoms with Gasteiger partial charge in [-0.2, -0.15) is 0 Å². The SMILES string of the molecule is CNC(=O)CCCN(CCCN)C1CC1. The molecule has 4 heteroatoms. The van der Waals surface area contributed by atoms with Crippen LogP contribution in [0, 0.1) is 0 Å². The Kier molecular flexibility index (Phi) is 5.65. The molecule has 0 aliphatic heterocycles. The average Bonchev–Trinajstić information content (AvgIpc) is 3.06. The van der Waals surface area contributed by atoms with Gasteiger partial charge in [0.2, 0.25) is 5.91 Å². The third kappa shape index (κ3) is 5.14. The van der Waals surface area contributed by atoms with Crippen molar-refractivity contribution in [3.63, 3.8) is 0 Å². The van der Waals surface area contributed by atoms with Gasteiger partial charge in [-0.15, -0.1) is 0 Å². The van der Waals surface area contributed by atoms with Crippen LogP contribution in [0.2, 0.25) is 0 Å². The predicted molar refractivity (Wildman–Crippen MR) is 61.6 cm³/mol. The molecule has 0 aromatic carbocycles. The van der Waals surface area contributed by atoms with Crippen LogP contribution in [0.5, 0.6) is 0 Å². The van der Waals surface area contributed by atoms with Gasteiger partial charge in [0, 0.05) is 19.5 Å². The molecule has 1 aliphatic rings. The Labute approximate surface area is 92.2 Å². The maximum atomic E-state index is 11.0. The summed E-state index contributed by atoms with van der Waals surface area (Å²) in [5.41, 5.74) is 5.51. The van der Waals surface area contributed by atoms with Gasteiger partial charge in [0.25, 0.3) is 0 Å². The largest absolute Gasteiger partial charge is 0.359 e. The van der Waals surface area contributed by atoms with E-state index in [0.29, 0.717) is 6.42 Å². The fourth-order valence-electron chi connectivity index (χ4n) is 1.78. The number of hydrogen-bond acceptors (Lipinski definition) is 3. The molecule has 4 nitrogen and oxygen atoms in total. The lowest BCUT2D eigenvalue weighted by Crippen LogP contribution is -2.30. The molecule has 3 N–H and O–H groups in total. The molecule has 1 aliphatic carbocycles. The first kappa shape index (κ1) is 12.5. The summed E-state index contributed by atoms with van der Waals surface area (Å²) in [5, 5.41) is 2.65. The monoisotopic (exact) mass is 213 g/mol. The molecule has 0 aromatic heterocycles. The van der Waals surface area contributed by atoms with E-state index in [2.05, 4.69) is 10.2 Å². The number of nitrogens with zero attached hydrogens (tertiary/aromatic N) is 1. The number of nitrogens with two attached hydrogens (primary N) is 1. The minimum absolute atomic E-state index is 0.143. The maximum Gasteiger partial charge on any atom is 0.219 e. The second-order valence-corrected chi connectivity index (χ2v) is 4.19. The van der Waals surface area contributed by atoms with Crippen LogP contribution < -0.4 is 11.1 Å². The van der Waals surface area contributed by atoms with E-state index in [1.54, 1.807) is 7.05 Å². The van der Waals surface area contributed by atoms with Crippen LogP contribution in [-0.4, -0.2) is 43.5 Å². The van der Waals surface area contributed by atoms with Gasteiger partial charge in [-0.05, 0) is 45.3 Å². The number of nitrogens with one attached hydrogen (secondary N) is 1. The Hall–Kier alpha value is -0.610. The smallest absolute Gasteiger partial charge is 0.219 e. The molecule has 0 spiro atoms. The van der Waals surface area contributed by atoms with Gasteiger partial charge in [-0.1, -0.05) is 0 Å². The van der Waals surface area contributed by atoms with E-state index in [-0.39, 0.29) is 5.91 Å². The highest BCUT2D eigenvalue weighted by Gasteiger charge is 2.27. The van der Waals surface area contributed by atoms with Crippen molar-refractivity contribution in [1.82, 2.24) is 10.2 Å². The first-order valence-electron chi connectivity index (χ1n) is 5.92. The van der Waals surface area contributed by atoms with Crippen molar-refractivity contribution >= 4 is 5.91 Å². The van der Waals surface area contributed by atoms with E-state index in [9.17, 15) is 4.79 Å². The van der Waals surface area contributed by atoms with Crippen molar-refractivity contribution in [3.05, 3.63) is 0 Å². The molecular formula is C11H23N3O. The van der Waals surface area contributed by atoms with Crippen LogP contribution in [0.25, 0.3) is 0 Å². The number of carbonyl (C=O) groups excluding carboxylic acids is 1. The van der Waals surface area contributed by atoms with Gasteiger partial charge >= 0.3 is 0 Å². The summed E-state index contributed by atoms with van der Waals surface area (Å²) in [5.74, 6) is 0.143. The van der Waals surface area contributed by atoms with E-state index in [1.807, 2.05) is 0 Å². The molecule has 0 bridgehead atoms. The summed E-state index contributed by atoms with van der Waals surface area (Å²) >= 11 is 0. The quantitative estimate of drug-likeness (QED) is 0.611. The van der Waals surface area contributed by atoms with Crippen molar-refractivity contribution in [2.24, 2.45) is 5.73 Å². The highest BCUT2D eigenvalue weighted by atomic mass is 16.1. The number of carbonyl (C=O) groups is 1. The molecule has 15 heavy (non-hydrogen) atoms. The zero-order valence-corrected chi connectivity index (χ0v) is 9.67. The van der Waals surface area contributed by atoms with Crippen LogP contribution in [0.4, 0.5) is 0 Å². The van der Waals surface area contributed by atoms with Crippen molar-refractivity contribution in [3.8, 4) is 0 Å². The Balaban J connectivity index is 2.11. The molecule has 1 amide bonds. The molecule has 0 heterocycles. The van der Waals surface area contributed by atoms with E-state index < -0.39 is 0 Å². The summed E-state index contributed by atoms with van der Waals surface area (Å²) in [7, 11) is 1.69. The van der Waals surface area contributed by atoms with Gasteiger partial charge in [-0.25, -0.2) is 0 Å². The first-order valence-corrected chi connectivity index (χ1v) is 5.92. The van der Waals surface area contributed by atoms with Crippen molar-refractivity contribution in [2.75, 3.05) is 26.7 Å². The summed E-state index contributed by atoms with van der Waals surface area (Å²) < 4.78 is 0. The average molecular weight is 213 g/mol. The summed E-state index contributed by atoms with van der Waals surface area (Å²) in [4.78, 5) is 13.5. The van der Waals surface area contributed by atoms with Crippen LogP contribution in [0.1, 0.15) is 32.1 Å². The number of rotatable bonds is 8. The second kappa shape index (κ2) is 6.80. The first-order chi connectivity index (χ1) is 7.27. The molecule has 0 unspecified atom stereocenters. The van der Waals surface area contributed by atoms with Gasteiger partial charge in [0.05, 0.1) is 0 Å². The maximum absolute atomic E-state index is 11.0. The fraction of sp³-hybridized carbons (Fsp3) is 0.909.